The fourth-order valence-corrected chi connectivity index (χ4v) is 5.12. The molecule has 0 radical (unpaired) electrons. The first-order valence-electron chi connectivity index (χ1n) is 12.8. The summed E-state index contributed by atoms with van der Waals surface area (Å²) in [5, 5.41) is 6.17. The van der Waals surface area contributed by atoms with Gasteiger partial charge in [-0.1, -0.05) is 12.8 Å². The number of piperidine rings is 1. The molecule has 4 rings (SSSR count). The molecule has 0 bridgehead atoms. The molecule has 198 valence electrons. The molecule has 2 aromatic rings. The molecule has 1 saturated carbocycles. The van der Waals surface area contributed by atoms with E-state index in [0.717, 1.165) is 32.1 Å². The predicted octanol–water partition coefficient (Wildman–Crippen LogP) is 3.55. The van der Waals surface area contributed by atoms with E-state index in [-0.39, 0.29) is 35.7 Å². The first-order valence-corrected chi connectivity index (χ1v) is 12.8. The summed E-state index contributed by atoms with van der Waals surface area (Å²) in [5.41, 5.74) is 0.834. The third kappa shape index (κ3) is 6.58. The molecule has 37 heavy (non-hydrogen) atoms. The molecule has 2 aliphatic rings. The molecule has 2 unspecified atom stereocenters. The van der Waals surface area contributed by atoms with E-state index in [2.05, 4.69) is 10.6 Å². The van der Waals surface area contributed by atoms with Gasteiger partial charge in [0, 0.05) is 42.4 Å². The van der Waals surface area contributed by atoms with E-state index < -0.39 is 5.82 Å². The highest BCUT2D eigenvalue weighted by Crippen LogP contribution is 2.26. The highest BCUT2D eigenvalue weighted by molar-refractivity contribution is 5.96. The number of likely N-dealkylation sites (tertiary alicyclic amines) is 1. The molecule has 2 aromatic carbocycles. The Hall–Kier alpha value is -3.62. The van der Waals surface area contributed by atoms with Crippen molar-refractivity contribution in [3.63, 3.8) is 0 Å². The van der Waals surface area contributed by atoms with Crippen LogP contribution in [0, 0.1) is 11.7 Å². The number of nitrogens with one attached hydrogen (secondary N) is 2. The number of hydrogen-bond donors (Lipinski definition) is 2. The summed E-state index contributed by atoms with van der Waals surface area (Å²) in [6, 6.07) is 10.1. The molecular formula is C28H34FN3O5. The Labute approximate surface area is 216 Å². The van der Waals surface area contributed by atoms with E-state index in [1.54, 1.807) is 23.1 Å². The SMILES string of the molecule is COc1cc(OC)cc(C(=O)N2CCCC(C(=O)NC3CCCC[C@H]3NC(=O)c3ccc(F)cc3)C2)c1. The minimum absolute atomic E-state index is 0.103. The summed E-state index contributed by atoms with van der Waals surface area (Å²) in [4.78, 5) is 40.9. The first kappa shape index (κ1) is 26.4. The van der Waals surface area contributed by atoms with Crippen molar-refractivity contribution in [2.24, 2.45) is 5.92 Å². The average Bonchev–Trinajstić information content (AvgIpc) is 2.93. The molecule has 2 N–H and O–H groups in total. The van der Waals surface area contributed by atoms with Crippen molar-refractivity contribution in [2.75, 3.05) is 27.3 Å². The van der Waals surface area contributed by atoms with Crippen LogP contribution in [0.4, 0.5) is 4.39 Å². The lowest BCUT2D eigenvalue weighted by atomic mass is 9.88. The van der Waals surface area contributed by atoms with Gasteiger partial charge < -0.3 is 25.0 Å². The van der Waals surface area contributed by atoms with Crippen LogP contribution in [0.2, 0.25) is 0 Å². The number of hydrogen-bond acceptors (Lipinski definition) is 5. The summed E-state index contributed by atoms with van der Waals surface area (Å²) < 4.78 is 23.8. The third-order valence-electron chi connectivity index (χ3n) is 7.19. The van der Waals surface area contributed by atoms with Gasteiger partial charge in [0.15, 0.2) is 0 Å². The average molecular weight is 512 g/mol. The molecular weight excluding hydrogens is 477 g/mol. The van der Waals surface area contributed by atoms with E-state index >= 15 is 0 Å². The standard InChI is InChI=1S/C28H34FN3O5/c1-36-22-14-20(15-23(16-22)37-2)28(35)32-13-5-6-19(17-32)27(34)31-25-8-4-3-7-24(25)30-26(33)18-9-11-21(29)12-10-18/h9-12,14-16,19,24-25H,3-8,13,17H2,1-2H3,(H,30,33)(H,31,34)/t19?,24-,25?/m1/s1. The maximum absolute atomic E-state index is 13.3. The lowest BCUT2D eigenvalue weighted by Gasteiger charge is -2.36. The van der Waals surface area contributed by atoms with Gasteiger partial charge in [0.05, 0.1) is 20.1 Å². The highest BCUT2D eigenvalue weighted by Gasteiger charge is 2.33. The lowest BCUT2D eigenvalue weighted by Crippen LogP contribution is -2.55. The molecule has 0 spiro atoms. The zero-order valence-electron chi connectivity index (χ0n) is 21.3. The van der Waals surface area contributed by atoms with Gasteiger partial charge in [-0.25, -0.2) is 4.39 Å². The monoisotopic (exact) mass is 511 g/mol. The van der Waals surface area contributed by atoms with Gasteiger partial charge >= 0.3 is 0 Å². The van der Waals surface area contributed by atoms with E-state index in [9.17, 15) is 18.8 Å². The van der Waals surface area contributed by atoms with Gasteiger partial charge in [-0.2, -0.15) is 0 Å². The van der Waals surface area contributed by atoms with Crippen LogP contribution in [0.15, 0.2) is 42.5 Å². The molecule has 9 heteroatoms. The Morgan fingerprint density at radius 2 is 1.46 bits per heavy atom. The van der Waals surface area contributed by atoms with Crippen molar-refractivity contribution in [1.29, 1.82) is 0 Å². The number of benzene rings is 2. The van der Waals surface area contributed by atoms with Crippen molar-refractivity contribution in [2.45, 2.75) is 50.6 Å². The second-order valence-corrected chi connectivity index (χ2v) is 9.68. The lowest BCUT2D eigenvalue weighted by molar-refractivity contribution is -0.127. The molecule has 1 aliphatic carbocycles. The van der Waals surface area contributed by atoms with Crippen LogP contribution in [0.3, 0.4) is 0 Å². The van der Waals surface area contributed by atoms with E-state index in [1.807, 2.05) is 0 Å². The van der Waals surface area contributed by atoms with Crippen molar-refractivity contribution in [1.82, 2.24) is 15.5 Å². The van der Waals surface area contributed by atoms with Crippen LogP contribution in [-0.2, 0) is 4.79 Å². The Kier molecular flexibility index (Phi) is 8.63. The molecule has 1 aliphatic heterocycles. The van der Waals surface area contributed by atoms with E-state index in [4.69, 9.17) is 9.47 Å². The van der Waals surface area contributed by atoms with Crippen LogP contribution in [0.25, 0.3) is 0 Å². The van der Waals surface area contributed by atoms with Crippen molar-refractivity contribution in [3.8, 4) is 11.5 Å². The van der Waals surface area contributed by atoms with Gasteiger partial charge in [0.1, 0.15) is 17.3 Å². The van der Waals surface area contributed by atoms with Gasteiger partial charge in [-0.15, -0.1) is 0 Å². The molecule has 3 atom stereocenters. The Morgan fingerprint density at radius 3 is 2.08 bits per heavy atom. The fraction of sp³-hybridized carbons (Fsp3) is 0.464. The van der Waals surface area contributed by atoms with E-state index in [1.165, 1.54) is 38.5 Å². The van der Waals surface area contributed by atoms with Crippen LogP contribution in [-0.4, -0.2) is 62.0 Å². The predicted molar refractivity (Wildman–Crippen MR) is 136 cm³/mol. The number of carbonyl (C=O) groups excluding carboxylic acids is 3. The second-order valence-electron chi connectivity index (χ2n) is 9.68. The molecule has 8 nitrogen and oxygen atoms in total. The summed E-state index contributed by atoms with van der Waals surface area (Å²) in [6.45, 7) is 0.894. The van der Waals surface area contributed by atoms with Gasteiger partial charge in [-0.3, -0.25) is 14.4 Å². The molecule has 1 saturated heterocycles. The molecule has 1 heterocycles. The quantitative estimate of drug-likeness (QED) is 0.593. The minimum Gasteiger partial charge on any atom is -0.497 e. The first-order chi connectivity index (χ1) is 17.9. The summed E-state index contributed by atoms with van der Waals surface area (Å²) in [7, 11) is 3.07. The van der Waals surface area contributed by atoms with Gasteiger partial charge in [0.25, 0.3) is 11.8 Å². The topological polar surface area (TPSA) is 97.0 Å². The van der Waals surface area contributed by atoms with Gasteiger partial charge in [0.2, 0.25) is 5.91 Å². The van der Waals surface area contributed by atoms with Crippen LogP contribution in [0.5, 0.6) is 11.5 Å². The molecule has 0 aromatic heterocycles. The maximum atomic E-state index is 13.3. The van der Waals surface area contributed by atoms with Gasteiger partial charge in [-0.05, 0) is 62.1 Å². The summed E-state index contributed by atoms with van der Waals surface area (Å²) in [5.74, 6) is -0.231. The Morgan fingerprint density at radius 1 is 0.838 bits per heavy atom. The normalized spacial score (nSPS) is 21.6. The van der Waals surface area contributed by atoms with Crippen molar-refractivity contribution >= 4 is 17.7 Å². The minimum atomic E-state index is -0.398. The summed E-state index contributed by atoms with van der Waals surface area (Å²) in [6.07, 6.45) is 4.85. The van der Waals surface area contributed by atoms with Crippen LogP contribution in [0.1, 0.15) is 59.2 Å². The zero-order chi connectivity index (χ0) is 26.4. The fourth-order valence-electron chi connectivity index (χ4n) is 5.12. The number of nitrogens with zero attached hydrogens (tertiary/aromatic N) is 1. The maximum Gasteiger partial charge on any atom is 0.254 e. The highest BCUT2D eigenvalue weighted by atomic mass is 19.1. The van der Waals surface area contributed by atoms with Crippen LogP contribution < -0.4 is 20.1 Å². The number of halogens is 1. The third-order valence-corrected chi connectivity index (χ3v) is 7.19. The largest absolute Gasteiger partial charge is 0.497 e. The summed E-state index contributed by atoms with van der Waals surface area (Å²) >= 11 is 0. The molecule has 2 fully saturated rings. The second kappa shape index (κ2) is 12.1. The number of amides is 3. The van der Waals surface area contributed by atoms with E-state index in [0.29, 0.717) is 42.1 Å². The number of ether oxygens (including phenoxy) is 2. The van der Waals surface area contributed by atoms with Crippen molar-refractivity contribution < 1.29 is 28.2 Å². The Bertz CT molecular complexity index is 1100. The zero-order valence-corrected chi connectivity index (χ0v) is 21.3. The van der Waals surface area contributed by atoms with Crippen molar-refractivity contribution in [3.05, 3.63) is 59.4 Å². The Balaban J connectivity index is 1.38. The van der Waals surface area contributed by atoms with Crippen LogP contribution >= 0.6 is 0 Å². The number of rotatable bonds is 7. The number of methoxy groups -OCH3 is 2. The smallest absolute Gasteiger partial charge is 0.254 e. The number of carbonyl (C=O) groups is 3. The molecule has 3 amide bonds.